The van der Waals surface area contributed by atoms with Crippen molar-refractivity contribution in [1.29, 1.82) is 0 Å². The number of benzene rings is 2. The first kappa shape index (κ1) is 18.0. The van der Waals surface area contributed by atoms with Gasteiger partial charge in [0.2, 0.25) is 0 Å². The number of carbonyl (C=O) groups excluding carboxylic acids is 1. The zero-order valence-electron chi connectivity index (χ0n) is 14.6. The molecule has 2 aromatic carbocycles. The van der Waals surface area contributed by atoms with Crippen molar-refractivity contribution >= 4 is 17.3 Å². The number of rotatable bonds is 5. The smallest absolute Gasteiger partial charge is 0.287 e. The van der Waals surface area contributed by atoms with E-state index in [4.69, 9.17) is 4.74 Å². The fraction of sp³-hybridized carbons (Fsp3) is 0.316. The number of amides is 1. The highest BCUT2D eigenvalue weighted by Crippen LogP contribution is 2.20. The number of nitrogens with zero attached hydrogens (tertiary/aromatic N) is 1. The Hall–Kier alpha value is -2.77. The van der Waals surface area contributed by atoms with Crippen LogP contribution in [0.4, 0.5) is 11.4 Å². The number of morpholine rings is 1. The minimum absolute atomic E-state index is 0.0108. The van der Waals surface area contributed by atoms with Crippen molar-refractivity contribution in [1.82, 2.24) is 0 Å². The van der Waals surface area contributed by atoms with Crippen molar-refractivity contribution in [2.45, 2.75) is 13.0 Å². The number of carbonyl (C=O) groups is 1. The van der Waals surface area contributed by atoms with Gasteiger partial charge in [-0.25, -0.2) is 0 Å². The van der Waals surface area contributed by atoms with E-state index in [1.807, 2.05) is 31.2 Å². The molecule has 1 atom stereocenters. The summed E-state index contributed by atoms with van der Waals surface area (Å²) in [5, 5.41) is 14.1. The predicted molar refractivity (Wildman–Crippen MR) is 97.2 cm³/mol. The summed E-state index contributed by atoms with van der Waals surface area (Å²) in [4.78, 5) is 24.8. The Morgan fingerprint density at radius 2 is 1.88 bits per heavy atom. The maximum Gasteiger partial charge on any atom is 0.287 e. The molecule has 1 saturated heterocycles. The molecule has 0 aliphatic carbocycles. The van der Waals surface area contributed by atoms with Gasteiger partial charge >= 0.3 is 0 Å². The van der Waals surface area contributed by atoms with E-state index < -0.39 is 11.0 Å². The molecule has 7 heteroatoms. The van der Waals surface area contributed by atoms with Crippen LogP contribution >= 0.6 is 0 Å². The van der Waals surface area contributed by atoms with E-state index in [2.05, 4.69) is 5.32 Å². The van der Waals surface area contributed by atoms with Crippen LogP contribution in [0.25, 0.3) is 0 Å². The molecule has 1 aliphatic heterocycles. The lowest BCUT2D eigenvalue weighted by Gasteiger charge is -2.30. The molecular weight excluding hydrogens is 334 g/mol. The van der Waals surface area contributed by atoms with E-state index in [1.54, 1.807) is 12.1 Å². The number of nitrogens with one attached hydrogen (secondary N) is 2. The highest BCUT2D eigenvalue weighted by molar-refractivity contribution is 5.94. The van der Waals surface area contributed by atoms with Gasteiger partial charge < -0.3 is 15.0 Å². The van der Waals surface area contributed by atoms with Crippen molar-refractivity contribution < 1.29 is 19.4 Å². The molecule has 2 N–H and O–H groups in total. The fourth-order valence-corrected chi connectivity index (χ4v) is 3.16. The summed E-state index contributed by atoms with van der Waals surface area (Å²) < 4.78 is 5.40. The molecule has 0 spiro atoms. The van der Waals surface area contributed by atoms with Gasteiger partial charge in [-0.05, 0) is 19.1 Å². The van der Waals surface area contributed by atoms with E-state index in [0.29, 0.717) is 37.6 Å². The topological polar surface area (TPSA) is 85.9 Å². The van der Waals surface area contributed by atoms with Gasteiger partial charge in [-0.1, -0.05) is 29.8 Å². The molecule has 0 aromatic heterocycles. The zero-order chi connectivity index (χ0) is 18.5. The third-order valence-electron chi connectivity index (χ3n) is 4.54. The second-order valence-corrected chi connectivity index (χ2v) is 6.41. The predicted octanol–water partition coefficient (Wildman–Crippen LogP) is 1.50. The van der Waals surface area contributed by atoms with Crippen LogP contribution in [0, 0.1) is 17.0 Å². The third-order valence-corrected chi connectivity index (χ3v) is 4.54. The van der Waals surface area contributed by atoms with Crippen LogP contribution in [0.2, 0.25) is 0 Å². The molecule has 7 nitrogen and oxygen atoms in total. The standard InChI is InChI=1S/C19H21N3O4/c1-14-5-7-16(8-6-14)20-19(23)18(21-9-11-26-12-10-21)15-3-2-4-17(13-15)22(24)25/h2-8,13,18H,9-12H2,1H3,(H,20,23)/p+1/t18-/m0/s1. The molecule has 0 saturated carbocycles. The number of aryl methyl sites for hydroxylation is 1. The molecule has 0 radical (unpaired) electrons. The van der Waals surface area contributed by atoms with E-state index in [-0.39, 0.29) is 11.6 Å². The average Bonchev–Trinajstić information content (AvgIpc) is 2.65. The minimum atomic E-state index is -0.528. The average molecular weight is 356 g/mol. The Balaban J connectivity index is 1.89. The summed E-state index contributed by atoms with van der Waals surface area (Å²) in [7, 11) is 0. The first-order valence-electron chi connectivity index (χ1n) is 8.59. The molecular formula is C19H22N3O4+. The number of nitro benzene ring substituents is 1. The zero-order valence-corrected chi connectivity index (χ0v) is 14.6. The number of hydrogen-bond acceptors (Lipinski definition) is 4. The van der Waals surface area contributed by atoms with Crippen molar-refractivity contribution in [2.75, 3.05) is 31.6 Å². The number of nitro groups is 1. The number of quaternary nitrogens is 1. The summed E-state index contributed by atoms with van der Waals surface area (Å²) in [6.45, 7) is 4.47. The largest absolute Gasteiger partial charge is 0.370 e. The van der Waals surface area contributed by atoms with Crippen molar-refractivity contribution in [3.8, 4) is 0 Å². The van der Waals surface area contributed by atoms with Crippen LogP contribution in [-0.2, 0) is 9.53 Å². The Labute approximate surface area is 151 Å². The lowest BCUT2D eigenvalue weighted by atomic mass is 10.0. The maximum atomic E-state index is 13.0. The molecule has 3 rings (SSSR count). The summed E-state index contributed by atoms with van der Waals surface area (Å²) in [5.74, 6) is -0.175. The van der Waals surface area contributed by atoms with Crippen LogP contribution < -0.4 is 10.2 Å². The Morgan fingerprint density at radius 3 is 2.54 bits per heavy atom. The maximum absolute atomic E-state index is 13.0. The summed E-state index contributed by atoms with van der Waals surface area (Å²) >= 11 is 0. The fourth-order valence-electron chi connectivity index (χ4n) is 3.16. The van der Waals surface area contributed by atoms with Gasteiger partial charge in [-0.2, -0.15) is 0 Å². The minimum Gasteiger partial charge on any atom is -0.370 e. The van der Waals surface area contributed by atoms with Gasteiger partial charge in [-0.15, -0.1) is 0 Å². The highest BCUT2D eigenvalue weighted by atomic mass is 16.6. The van der Waals surface area contributed by atoms with Crippen molar-refractivity contribution in [3.05, 3.63) is 69.8 Å². The van der Waals surface area contributed by atoms with Crippen LogP contribution in [-0.4, -0.2) is 37.1 Å². The van der Waals surface area contributed by atoms with Crippen LogP contribution in [0.1, 0.15) is 17.2 Å². The molecule has 1 heterocycles. The lowest BCUT2D eigenvalue weighted by molar-refractivity contribution is -0.929. The van der Waals surface area contributed by atoms with E-state index in [0.717, 1.165) is 10.5 Å². The molecule has 2 aromatic rings. The van der Waals surface area contributed by atoms with Gasteiger partial charge in [0.15, 0.2) is 6.04 Å². The van der Waals surface area contributed by atoms with Crippen LogP contribution in [0.3, 0.4) is 0 Å². The van der Waals surface area contributed by atoms with Crippen LogP contribution in [0.15, 0.2) is 48.5 Å². The van der Waals surface area contributed by atoms with Gasteiger partial charge in [0.25, 0.3) is 11.6 Å². The Morgan fingerprint density at radius 1 is 1.19 bits per heavy atom. The van der Waals surface area contributed by atoms with Gasteiger partial charge in [-0.3, -0.25) is 14.9 Å². The van der Waals surface area contributed by atoms with Crippen LogP contribution in [0.5, 0.6) is 0 Å². The lowest BCUT2D eigenvalue weighted by Crippen LogP contribution is -3.15. The number of hydrogen-bond donors (Lipinski definition) is 2. The highest BCUT2D eigenvalue weighted by Gasteiger charge is 2.33. The molecule has 0 unspecified atom stereocenters. The second-order valence-electron chi connectivity index (χ2n) is 6.41. The first-order valence-corrected chi connectivity index (χ1v) is 8.59. The summed E-state index contributed by atoms with van der Waals surface area (Å²) in [6, 6.07) is 13.4. The number of non-ortho nitro benzene ring substituents is 1. The molecule has 136 valence electrons. The van der Waals surface area contributed by atoms with Gasteiger partial charge in [0.1, 0.15) is 13.1 Å². The molecule has 1 amide bonds. The molecule has 26 heavy (non-hydrogen) atoms. The summed E-state index contributed by atoms with van der Waals surface area (Å²) in [6.07, 6.45) is 0. The second kappa shape index (κ2) is 8.07. The molecule has 1 fully saturated rings. The van der Waals surface area contributed by atoms with E-state index in [9.17, 15) is 14.9 Å². The third kappa shape index (κ3) is 4.25. The molecule has 1 aliphatic rings. The quantitative estimate of drug-likeness (QED) is 0.628. The van der Waals surface area contributed by atoms with Crippen molar-refractivity contribution in [3.63, 3.8) is 0 Å². The molecule has 0 bridgehead atoms. The normalized spacial score (nSPS) is 16.0. The summed E-state index contributed by atoms with van der Waals surface area (Å²) in [5.41, 5.74) is 2.45. The van der Waals surface area contributed by atoms with Gasteiger partial charge in [0, 0.05) is 23.4 Å². The van der Waals surface area contributed by atoms with Gasteiger partial charge in [0.05, 0.1) is 18.1 Å². The van der Waals surface area contributed by atoms with E-state index >= 15 is 0 Å². The number of anilines is 1. The van der Waals surface area contributed by atoms with Crippen molar-refractivity contribution in [2.24, 2.45) is 0 Å². The number of ether oxygens (including phenoxy) is 1. The monoisotopic (exact) mass is 356 g/mol. The SMILES string of the molecule is Cc1ccc(NC(=O)[C@H](c2cccc([N+](=O)[O-])c2)[NH+]2CCOCC2)cc1. The van der Waals surface area contributed by atoms with E-state index in [1.165, 1.54) is 12.1 Å². The first-order chi connectivity index (χ1) is 12.5. The Bertz CT molecular complexity index is 786. The Kier molecular flexibility index (Phi) is 5.60.